The Labute approximate surface area is 150 Å². The average Bonchev–Trinajstić information content (AvgIpc) is 2.57. The minimum absolute atomic E-state index is 0.198. The van der Waals surface area contributed by atoms with Gasteiger partial charge in [-0.3, -0.25) is 0 Å². The number of benzene rings is 1. The zero-order valence-electron chi connectivity index (χ0n) is 15.9. The summed E-state index contributed by atoms with van der Waals surface area (Å²) in [4.78, 5) is 0. The molecule has 3 atom stereocenters. The van der Waals surface area contributed by atoms with Gasteiger partial charge in [-0.1, -0.05) is 13.8 Å². The maximum Gasteiger partial charge on any atom is 0.188 e. The Kier molecular flexibility index (Phi) is 5.02. The van der Waals surface area contributed by atoms with E-state index in [1.807, 2.05) is 12.1 Å². The van der Waals surface area contributed by atoms with Gasteiger partial charge in [-0.2, -0.15) is 0 Å². The minimum Gasteiger partial charge on any atom is -0.486 e. The molecule has 1 aliphatic heterocycles. The molecule has 140 valence electrons. The van der Waals surface area contributed by atoms with Gasteiger partial charge in [0.05, 0.1) is 12.7 Å². The molecular weight excluding hydrogens is 320 g/mol. The number of aliphatic hydroxyl groups excluding tert-OH is 1. The minimum atomic E-state index is -0.318. The molecule has 0 radical (unpaired) electrons. The number of rotatable bonds is 5. The Morgan fingerprint density at radius 2 is 1.96 bits per heavy atom. The first-order valence-electron chi connectivity index (χ1n) is 8.96. The quantitative estimate of drug-likeness (QED) is 0.826. The van der Waals surface area contributed by atoms with Crippen LogP contribution < -0.4 is 9.47 Å². The van der Waals surface area contributed by atoms with Crippen molar-refractivity contribution < 1.29 is 24.1 Å². The van der Waals surface area contributed by atoms with Crippen molar-refractivity contribution in [3.8, 4) is 11.5 Å². The maximum absolute atomic E-state index is 10.6. The monoisotopic (exact) mass is 350 g/mol. The smallest absolute Gasteiger partial charge is 0.188 e. The van der Waals surface area contributed by atoms with Gasteiger partial charge in [-0.15, -0.1) is 0 Å². The van der Waals surface area contributed by atoms with E-state index in [0.29, 0.717) is 6.61 Å². The molecule has 1 aromatic rings. The Morgan fingerprint density at radius 3 is 2.64 bits per heavy atom. The Balaban J connectivity index is 2.06. The highest BCUT2D eigenvalue weighted by molar-refractivity contribution is 5.52. The third kappa shape index (κ3) is 3.14. The van der Waals surface area contributed by atoms with Crippen molar-refractivity contribution in [3.05, 3.63) is 23.3 Å². The summed E-state index contributed by atoms with van der Waals surface area (Å²) in [6.45, 7) is 7.16. The summed E-state index contributed by atoms with van der Waals surface area (Å²) >= 11 is 0. The molecule has 1 aliphatic carbocycles. The van der Waals surface area contributed by atoms with Crippen LogP contribution in [0, 0.1) is 11.3 Å². The lowest BCUT2D eigenvalue weighted by molar-refractivity contribution is -0.138. The van der Waals surface area contributed by atoms with E-state index >= 15 is 0 Å². The number of aliphatic hydroxyl groups is 1. The van der Waals surface area contributed by atoms with Crippen LogP contribution in [0.15, 0.2) is 12.1 Å². The van der Waals surface area contributed by atoms with Crippen LogP contribution in [-0.4, -0.2) is 37.8 Å². The molecular formula is C20H30O5. The SMILES string of the molecule is COCOc1ccc(COC)c2c1C[C@@H]1C(C)(C)[C@H](O)CC[C@@]1(C)O2. The van der Waals surface area contributed by atoms with Crippen LogP contribution in [0.2, 0.25) is 0 Å². The van der Waals surface area contributed by atoms with E-state index < -0.39 is 0 Å². The van der Waals surface area contributed by atoms with Crippen molar-refractivity contribution in [3.63, 3.8) is 0 Å². The molecule has 0 aromatic heterocycles. The summed E-state index contributed by atoms with van der Waals surface area (Å²) < 4.78 is 22.8. The molecule has 1 aromatic carbocycles. The van der Waals surface area contributed by atoms with Gasteiger partial charge in [-0.05, 0) is 43.7 Å². The first-order valence-corrected chi connectivity index (χ1v) is 8.96. The summed E-state index contributed by atoms with van der Waals surface area (Å²) in [6.07, 6.45) is 2.10. The van der Waals surface area contributed by atoms with Gasteiger partial charge in [0.15, 0.2) is 6.79 Å². The molecule has 3 rings (SSSR count). The van der Waals surface area contributed by atoms with E-state index in [1.165, 1.54) is 0 Å². The van der Waals surface area contributed by atoms with Gasteiger partial charge in [0, 0.05) is 31.3 Å². The number of fused-ring (bicyclic) bond motifs is 2. The second kappa shape index (κ2) is 6.78. The van der Waals surface area contributed by atoms with E-state index in [4.69, 9.17) is 18.9 Å². The predicted octanol–water partition coefficient (Wildman–Crippen LogP) is 3.31. The van der Waals surface area contributed by atoms with Crippen molar-refractivity contribution in [1.29, 1.82) is 0 Å². The van der Waals surface area contributed by atoms with Crippen LogP contribution in [0.1, 0.15) is 44.7 Å². The summed E-state index contributed by atoms with van der Waals surface area (Å²) in [6, 6.07) is 3.96. The van der Waals surface area contributed by atoms with E-state index in [9.17, 15) is 5.11 Å². The van der Waals surface area contributed by atoms with Gasteiger partial charge in [0.1, 0.15) is 17.1 Å². The first kappa shape index (κ1) is 18.5. The zero-order valence-corrected chi connectivity index (χ0v) is 15.9. The lowest BCUT2D eigenvalue weighted by Gasteiger charge is -2.55. The highest BCUT2D eigenvalue weighted by Crippen LogP contribution is 2.55. The molecule has 5 heteroatoms. The molecule has 25 heavy (non-hydrogen) atoms. The van der Waals surface area contributed by atoms with E-state index in [0.717, 1.165) is 41.9 Å². The highest BCUT2D eigenvalue weighted by atomic mass is 16.7. The van der Waals surface area contributed by atoms with Crippen molar-refractivity contribution in [2.45, 2.75) is 58.3 Å². The molecule has 1 fully saturated rings. The van der Waals surface area contributed by atoms with Gasteiger partial charge in [-0.25, -0.2) is 0 Å². The lowest BCUT2D eigenvalue weighted by atomic mass is 9.57. The van der Waals surface area contributed by atoms with Crippen LogP contribution in [0.5, 0.6) is 11.5 Å². The van der Waals surface area contributed by atoms with Gasteiger partial charge in [0.2, 0.25) is 0 Å². The van der Waals surface area contributed by atoms with Gasteiger partial charge < -0.3 is 24.1 Å². The van der Waals surface area contributed by atoms with Crippen molar-refractivity contribution >= 4 is 0 Å². The standard InChI is InChI=1S/C20H30O5/c1-19(2)16-10-14-15(24-12-23-5)7-6-13(11-22-4)18(14)25-20(16,3)9-8-17(19)21/h6-7,16-17,21H,8-12H2,1-5H3/t16-,17-,20-/m1/s1. The van der Waals surface area contributed by atoms with Crippen LogP contribution in [0.4, 0.5) is 0 Å². The van der Waals surface area contributed by atoms with E-state index in [2.05, 4.69) is 20.8 Å². The lowest BCUT2D eigenvalue weighted by Crippen LogP contribution is -2.58. The molecule has 1 heterocycles. The molecule has 5 nitrogen and oxygen atoms in total. The largest absolute Gasteiger partial charge is 0.486 e. The molecule has 0 unspecified atom stereocenters. The Hall–Kier alpha value is -1.30. The molecule has 0 saturated heterocycles. The molecule has 0 bridgehead atoms. The van der Waals surface area contributed by atoms with Crippen LogP contribution >= 0.6 is 0 Å². The van der Waals surface area contributed by atoms with Crippen molar-refractivity contribution in [2.75, 3.05) is 21.0 Å². The maximum atomic E-state index is 10.6. The first-order chi connectivity index (χ1) is 11.8. The number of hydrogen-bond acceptors (Lipinski definition) is 5. The number of hydrogen-bond donors (Lipinski definition) is 1. The second-order valence-corrected chi connectivity index (χ2v) is 8.06. The highest BCUT2D eigenvalue weighted by Gasteiger charge is 2.55. The molecule has 0 amide bonds. The Morgan fingerprint density at radius 1 is 1.20 bits per heavy atom. The predicted molar refractivity (Wildman–Crippen MR) is 94.9 cm³/mol. The fourth-order valence-electron chi connectivity index (χ4n) is 4.53. The Bertz CT molecular complexity index is 627. The fourth-order valence-corrected chi connectivity index (χ4v) is 4.53. The summed E-state index contributed by atoms with van der Waals surface area (Å²) in [5, 5.41) is 10.6. The fraction of sp³-hybridized carbons (Fsp3) is 0.700. The van der Waals surface area contributed by atoms with E-state index in [1.54, 1.807) is 14.2 Å². The second-order valence-electron chi connectivity index (χ2n) is 8.06. The van der Waals surface area contributed by atoms with Gasteiger partial charge in [0.25, 0.3) is 0 Å². The third-order valence-corrected chi connectivity index (χ3v) is 6.08. The van der Waals surface area contributed by atoms with Crippen LogP contribution in [0.25, 0.3) is 0 Å². The normalized spacial score (nSPS) is 30.2. The van der Waals surface area contributed by atoms with Crippen molar-refractivity contribution in [2.24, 2.45) is 11.3 Å². The van der Waals surface area contributed by atoms with E-state index in [-0.39, 0.29) is 29.8 Å². The summed E-state index contributed by atoms with van der Waals surface area (Å²) in [5.41, 5.74) is 1.57. The van der Waals surface area contributed by atoms with Crippen molar-refractivity contribution in [1.82, 2.24) is 0 Å². The average molecular weight is 350 g/mol. The van der Waals surface area contributed by atoms with Crippen LogP contribution in [0.3, 0.4) is 0 Å². The van der Waals surface area contributed by atoms with Gasteiger partial charge >= 0.3 is 0 Å². The molecule has 1 N–H and O–H groups in total. The topological polar surface area (TPSA) is 57.2 Å². The molecule has 1 saturated carbocycles. The summed E-state index contributed by atoms with van der Waals surface area (Å²) in [7, 11) is 3.30. The third-order valence-electron chi connectivity index (χ3n) is 6.08. The molecule has 0 spiro atoms. The summed E-state index contributed by atoms with van der Waals surface area (Å²) in [5.74, 6) is 1.87. The number of ether oxygens (including phenoxy) is 4. The van der Waals surface area contributed by atoms with Crippen LogP contribution in [-0.2, 0) is 22.5 Å². The number of methoxy groups -OCH3 is 2. The zero-order chi connectivity index (χ0) is 18.2. The molecule has 2 aliphatic rings.